The van der Waals surface area contributed by atoms with Gasteiger partial charge in [0.15, 0.2) is 0 Å². The molecule has 1 amide bonds. The summed E-state index contributed by atoms with van der Waals surface area (Å²) in [6.07, 6.45) is -4.37. The Labute approximate surface area is 134 Å². The van der Waals surface area contributed by atoms with Gasteiger partial charge in [-0.05, 0) is 18.2 Å². The second kappa shape index (κ2) is 6.99. The van der Waals surface area contributed by atoms with E-state index in [0.29, 0.717) is 11.1 Å². The van der Waals surface area contributed by atoms with Gasteiger partial charge in [-0.15, -0.1) is 0 Å². The second-order valence-electron chi connectivity index (χ2n) is 4.48. The van der Waals surface area contributed by atoms with E-state index >= 15 is 0 Å². The predicted octanol–water partition coefficient (Wildman–Crippen LogP) is 3.30. The van der Waals surface area contributed by atoms with Crippen LogP contribution in [0, 0.1) is 0 Å². The molecule has 0 fully saturated rings. The number of amides is 1. The first-order chi connectivity index (χ1) is 11.3. The van der Waals surface area contributed by atoms with Crippen LogP contribution >= 0.6 is 0 Å². The van der Waals surface area contributed by atoms with Crippen molar-refractivity contribution < 1.29 is 32.3 Å². The summed E-state index contributed by atoms with van der Waals surface area (Å²) in [5, 5.41) is 0.345. The number of benzene rings is 1. The fourth-order valence-electron chi connectivity index (χ4n) is 1.74. The van der Waals surface area contributed by atoms with Gasteiger partial charge in [-0.2, -0.15) is 18.2 Å². The largest absolute Gasteiger partial charge is 0.539 e. The van der Waals surface area contributed by atoms with E-state index in [1.54, 1.807) is 18.2 Å². The Hall–Kier alpha value is -3.10. The number of rotatable bonds is 2. The number of halogens is 3. The van der Waals surface area contributed by atoms with Crippen LogP contribution in [0.5, 0.6) is 5.75 Å². The summed E-state index contributed by atoms with van der Waals surface area (Å²) in [4.78, 5) is 31.7. The van der Waals surface area contributed by atoms with Crippen molar-refractivity contribution in [3.63, 3.8) is 0 Å². The minimum atomic E-state index is -4.75. The van der Waals surface area contributed by atoms with Gasteiger partial charge in [-0.3, -0.25) is 9.78 Å². The zero-order valence-electron chi connectivity index (χ0n) is 12.3. The molecule has 24 heavy (non-hydrogen) atoms. The number of alkyl halides is 3. The summed E-state index contributed by atoms with van der Waals surface area (Å²) in [5.41, 5.74) is -1.94. The molecule has 1 aromatic carbocycles. The number of hydrogen-bond acceptors (Lipinski definition) is 5. The number of para-hydroxylation sites is 1. The molecular weight excluding hydrogens is 329 g/mol. The van der Waals surface area contributed by atoms with Crippen molar-refractivity contribution in [3.05, 3.63) is 59.9 Å². The third-order valence-electron chi connectivity index (χ3n) is 2.80. The van der Waals surface area contributed by atoms with Crippen LogP contribution in [0.2, 0.25) is 0 Å². The van der Waals surface area contributed by atoms with Crippen LogP contribution in [0.1, 0.15) is 15.9 Å². The molecular formula is C15H11F3N2O4. The van der Waals surface area contributed by atoms with Gasteiger partial charge in [-0.25, -0.2) is 4.79 Å². The molecule has 1 aromatic heterocycles. The van der Waals surface area contributed by atoms with Crippen LogP contribution in [0.4, 0.5) is 18.0 Å². The molecule has 2 rings (SSSR count). The van der Waals surface area contributed by atoms with Crippen molar-refractivity contribution in [2.45, 2.75) is 6.18 Å². The summed E-state index contributed by atoms with van der Waals surface area (Å²) >= 11 is 0. The quantitative estimate of drug-likeness (QED) is 0.477. The highest BCUT2D eigenvalue weighted by atomic mass is 19.4. The van der Waals surface area contributed by atoms with Crippen molar-refractivity contribution in [1.82, 2.24) is 10.0 Å². The fourth-order valence-corrected chi connectivity index (χ4v) is 1.74. The Morgan fingerprint density at radius 2 is 1.79 bits per heavy atom. The molecule has 0 bridgehead atoms. The number of pyridine rings is 1. The molecule has 0 radical (unpaired) electrons. The van der Waals surface area contributed by atoms with Crippen LogP contribution in [0.3, 0.4) is 0 Å². The van der Waals surface area contributed by atoms with E-state index < -0.39 is 29.4 Å². The molecule has 0 aliphatic heterocycles. The van der Waals surface area contributed by atoms with Crippen LogP contribution in [-0.2, 0) is 11.0 Å². The van der Waals surface area contributed by atoms with Crippen molar-refractivity contribution in [1.29, 1.82) is 0 Å². The zero-order valence-corrected chi connectivity index (χ0v) is 12.3. The highest BCUT2D eigenvalue weighted by Crippen LogP contribution is 2.31. The Kier molecular flexibility index (Phi) is 5.02. The summed E-state index contributed by atoms with van der Waals surface area (Å²) in [6.45, 7) is 0. The summed E-state index contributed by atoms with van der Waals surface area (Å²) in [5.74, 6) is -1.04. The Bertz CT molecular complexity index is 735. The van der Waals surface area contributed by atoms with Gasteiger partial charge in [0.05, 0.1) is 11.1 Å². The van der Waals surface area contributed by atoms with Gasteiger partial charge in [0.1, 0.15) is 5.75 Å². The first-order valence-electron chi connectivity index (χ1n) is 6.53. The molecule has 0 spiro atoms. The minimum absolute atomic E-state index is 0.153. The standard InChI is InChI=1S/C15H11F3N2O4/c1-20(24-14(22)23-10-5-3-2-4-6-10)13(21)11-9-19-8-7-12(11)15(16,17)18/h2-9H,1H3. The van der Waals surface area contributed by atoms with E-state index in [1.807, 2.05) is 0 Å². The third-order valence-corrected chi connectivity index (χ3v) is 2.80. The lowest BCUT2D eigenvalue weighted by molar-refractivity contribution is -0.138. The number of carbonyl (C=O) groups is 2. The maximum absolute atomic E-state index is 12.9. The molecule has 126 valence electrons. The van der Waals surface area contributed by atoms with E-state index in [2.05, 4.69) is 9.82 Å². The summed E-state index contributed by atoms with van der Waals surface area (Å²) < 4.78 is 43.4. The lowest BCUT2D eigenvalue weighted by Crippen LogP contribution is -2.32. The van der Waals surface area contributed by atoms with Crippen molar-refractivity contribution in [2.24, 2.45) is 0 Å². The highest BCUT2D eigenvalue weighted by Gasteiger charge is 2.36. The number of hydrogen-bond donors (Lipinski definition) is 0. The average Bonchev–Trinajstić information content (AvgIpc) is 2.54. The van der Waals surface area contributed by atoms with Crippen molar-refractivity contribution >= 4 is 12.1 Å². The number of aromatic nitrogens is 1. The van der Waals surface area contributed by atoms with Crippen LogP contribution < -0.4 is 4.74 Å². The van der Waals surface area contributed by atoms with Gasteiger partial charge in [-0.1, -0.05) is 18.2 Å². The van der Waals surface area contributed by atoms with Gasteiger partial charge in [0.25, 0.3) is 5.91 Å². The molecule has 2 aromatic rings. The van der Waals surface area contributed by atoms with E-state index in [1.165, 1.54) is 12.1 Å². The molecule has 0 N–H and O–H groups in total. The molecule has 0 unspecified atom stereocenters. The average molecular weight is 340 g/mol. The van der Waals surface area contributed by atoms with Gasteiger partial charge < -0.3 is 9.57 Å². The predicted molar refractivity (Wildman–Crippen MR) is 74.9 cm³/mol. The third kappa shape index (κ3) is 4.22. The summed E-state index contributed by atoms with van der Waals surface area (Å²) in [6, 6.07) is 8.47. The Morgan fingerprint density at radius 3 is 2.42 bits per heavy atom. The smallest absolute Gasteiger partial charge is 0.393 e. The van der Waals surface area contributed by atoms with E-state index in [9.17, 15) is 22.8 Å². The van der Waals surface area contributed by atoms with Crippen LogP contribution in [0.15, 0.2) is 48.8 Å². The first kappa shape index (κ1) is 17.3. The van der Waals surface area contributed by atoms with E-state index in [4.69, 9.17) is 4.74 Å². The minimum Gasteiger partial charge on any atom is -0.393 e. The fraction of sp³-hybridized carbons (Fsp3) is 0.133. The molecule has 6 nitrogen and oxygen atoms in total. The molecule has 0 saturated carbocycles. The number of nitrogens with zero attached hydrogens (tertiary/aromatic N) is 2. The Balaban J connectivity index is 2.09. The van der Waals surface area contributed by atoms with Gasteiger partial charge >= 0.3 is 12.3 Å². The number of hydroxylamine groups is 2. The van der Waals surface area contributed by atoms with Gasteiger partial charge in [0.2, 0.25) is 0 Å². The molecule has 0 aliphatic carbocycles. The molecule has 1 heterocycles. The van der Waals surface area contributed by atoms with Crippen LogP contribution in [0.25, 0.3) is 0 Å². The maximum Gasteiger partial charge on any atom is 0.539 e. The number of carbonyl (C=O) groups excluding carboxylic acids is 2. The lowest BCUT2D eigenvalue weighted by Gasteiger charge is -2.18. The molecule has 9 heteroatoms. The topological polar surface area (TPSA) is 68.7 Å². The molecule has 0 saturated heterocycles. The molecule has 0 atom stereocenters. The normalized spacial score (nSPS) is 10.8. The monoisotopic (exact) mass is 340 g/mol. The lowest BCUT2D eigenvalue weighted by atomic mass is 10.1. The van der Waals surface area contributed by atoms with Gasteiger partial charge in [0, 0.05) is 19.4 Å². The van der Waals surface area contributed by atoms with Crippen molar-refractivity contribution in [2.75, 3.05) is 7.05 Å². The van der Waals surface area contributed by atoms with Crippen LogP contribution in [-0.4, -0.2) is 29.2 Å². The SMILES string of the molecule is CN(OC(=O)Oc1ccccc1)C(=O)c1cnccc1C(F)(F)F. The van der Waals surface area contributed by atoms with Crippen molar-refractivity contribution in [3.8, 4) is 5.75 Å². The molecule has 0 aliphatic rings. The van der Waals surface area contributed by atoms with E-state index in [-0.39, 0.29) is 5.75 Å². The first-order valence-corrected chi connectivity index (χ1v) is 6.53. The second-order valence-corrected chi connectivity index (χ2v) is 4.48. The summed E-state index contributed by atoms with van der Waals surface area (Å²) in [7, 11) is 0.988. The zero-order chi connectivity index (χ0) is 17.7. The van der Waals surface area contributed by atoms with E-state index in [0.717, 1.165) is 19.4 Å². The maximum atomic E-state index is 12.9. The number of ether oxygens (including phenoxy) is 1. The Morgan fingerprint density at radius 1 is 1.12 bits per heavy atom. The highest BCUT2D eigenvalue weighted by molar-refractivity contribution is 5.95.